The van der Waals surface area contributed by atoms with Gasteiger partial charge in [0.1, 0.15) is 5.75 Å². The molecule has 0 aliphatic carbocycles. The number of hydrogen-bond donors (Lipinski definition) is 0. The summed E-state index contributed by atoms with van der Waals surface area (Å²) in [4.78, 5) is 5.23. The van der Waals surface area contributed by atoms with E-state index in [-0.39, 0.29) is 0 Å². The van der Waals surface area contributed by atoms with Gasteiger partial charge in [0.25, 0.3) is 0 Å². The summed E-state index contributed by atoms with van der Waals surface area (Å²) in [5.41, 5.74) is 2.72. The molecule has 39 heavy (non-hydrogen) atoms. The lowest BCUT2D eigenvalue weighted by Gasteiger charge is -2.27. The second-order valence-electron chi connectivity index (χ2n) is 10.7. The Morgan fingerprint density at radius 2 is 1.49 bits per heavy atom. The first kappa shape index (κ1) is 27.4. The smallest absolute Gasteiger partial charge is 0.168 e. The Hall–Kier alpha value is -3.16. The van der Waals surface area contributed by atoms with Crippen molar-refractivity contribution in [3.05, 3.63) is 53.6 Å². The van der Waals surface area contributed by atoms with Gasteiger partial charge in [-0.25, -0.2) is 0 Å². The van der Waals surface area contributed by atoms with Gasteiger partial charge >= 0.3 is 0 Å². The molecule has 0 saturated carbocycles. The van der Waals surface area contributed by atoms with E-state index in [1.165, 1.54) is 36.9 Å². The number of fused-ring (bicyclic) bond motifs is 2. The van der Waals surface area contributed by atoms with E-state index in [0.717, 1.165) is 78.7 Å². The molecule has 3 aromatic rings. The molecule has 1 saturated heterocycles. The monoisotopic (exact) mass is 534 g/mol. The molecule has 1 unspecified atom stereocenters. The van der Waals surface area contributed by atoms with Gasteiger partial charge in [0.05, 0.1) is 35.0 Å². The summed E-state index contributed by atoms with van der Waals surface area (Å²) in [5.74, 6) is 4.70. The zero-order valence-corrected chi connectivity index (χ0v) is 23.8. The SMILES string of the molecule is COc1cc2c(cc1OC)CN(CC1CCCCN(CCCOc3cccc4c(OC)c(OC)ccc34)C1)C2. The molecular weight excluding hydrogens is 492 g/mol. The molecule has 7 heteroatoms. The van der Waals surface area contributed by atoms with Crippen LogP contribution in [0.3, 0.4) is 0 Å². The van der Waals surface area contributed by atoms with Crippen LogP contribution in [-0.4, -0.2) is 71.0 Å². The molecule has 7 nitrogen and oxygen atoms in total. The second-order valence-corrected chi connectivity index (χ2v) is 10.7. The number of methoxy groups -OCH3 is 4. The fraction of sp³-hybridized carbons (Fsp3) is 0.500. The van der Waals surface area contributed by atoms with E-state index in [1.54, 1.807) is 28.4 Å². The molecule has 2 aliphatic rings. The minimum Gasteiger partial charge on any atom is -0.493 e. The van der Waals surface area contributed by atoms with Gasteiger partial charge < -0.3 is 28.6 Å². The van der Waals surface area contributed by atoms with Crippen molar-refractivity contribution >= 4 is 10.8 Å². The average Bonchev–Trinajstić information content (AvgIpc) is 3.22. The predicted molar refractivity (Wildman–Crippen MR) is 155 cm³/mol. The molecule has 3 aromatic carbocycles. The zero-order valence-electron chi connectivity index (χ0n) is 23.8. The summed E-state index contributed by atoms with van der Waals surface area (Å²) < 4.78 is 28.4. The van der Waals surface area contributed by atoms with Gasteiger partial charge in [0, 0.05) is 43.5 Å². The summed E-state index contributed by atoms with van der Waals surface area (Å²) in [6, 6.07) is 14.4. The van der Waals surface area contributed by atoms with Crippen LogP contribution in [-0.2, 0) is 13.1 Å². The molecule has 210 valence electrons. The van der Waals surface area contributed by atoms with Gasteiger partial charge in [0.15, 0.2) is 23.0 Å². The minimum absolute atomic E-state index is 0.687. The summed E-state index contributed by atoms with van der Waals surface area (Å²) in [5, 5.41) is 2.05. The lowest BCUT2D eigenvalue weighted by atomic mass is 10.0. The van der Waals surface area contributed by atoms with Crippen molar-refractivity contribution in [1.29, 1.82) is 0 Å². The van der Waals surface area contributed by atoms with Gasteiger partial charge in [-0.3, -0.25) is 4.90 Å². The van der Waals surface area contributed by atoms with E-state index in [4.69, 9.17) is 23.7 Å². The normalized spacial score (nSPS) is 18.0. The van der Waals surface area contributed by atoms with Crippen LogP contribution in [0, 0.1) is 5.92 Å². The van der Waals surface area contributed by atoms with Crippen LogP contribution in [0.2, 0.25) is 0 Å². The fourth-order valence-electron chi connectivity index (χ4n) is 6.21. The zero-order chi connectivity index (χ0) is 27.2. The van der Waals surface area contributed by atoms with Crippen molar-refractivity contribution in [3.63, 3.8) is 0 Å². The van der Waals surface area contributed by atoms with Gasteiger partial charge in [-0.2, -0.15) is 0 Å². The van der Waals surface area contributed by atoms with Crippen LogP contribution in [0.15, 0.2) is 42.5 Å². The number of ether oxygens (including phenoxy) is 5. The molecule has 2 aliphatic heterocycles. The van der Waals surface area contributed by atoms with Crippen LogP contribution in [0.5, 0.6) is 28.7 Å². The maximum atomic E-state index is 6.27. The number of benzene rings is 3. The van der Waals surface area contributed by atoms with Crippen molar-refractivity contribution in [2.75, 3.05) is 61.2 Å². The Kier molecular flexibility index (Phi) is 8.99. The molecular formula is C32H42N2O5. The van der Waals surface area contributed by atoms with Crippen LogP contribution in [0.1, 0.15) is 36.8 Å². The molecule has 0 spiro atoms. The summed E-state index contributed by atoms with van der Waals surface area (Å²) >= 11 is 0. The number of likely N-dealkylation sites (tertiary alicyclic amines) is 1. The van der Waals surface area contributed by atoms with Crippen molar-refractivity contribution in [3.8, 4) is 28.7 Å². The van der Waals surface area contributed by atoms with E-state index in [0.29, 0.717) is 12.5 Å². The Labute approximate surface area is 232 Å². The lowest BCUT2D eigenvalue weighted by molar-refractivity contribution is 0.177. The number of nitrogens with zero attached hydrogens (tertiary/aromatic N) is 2. The third-order valence-electron chi connectivity index (χ3n) is 8.10. The molecule has 1 atom stereocenters. The quantitative estimate of drug-likeness (QED) is 0.290. The summed E-state index contributed by atoms with van der Waals surface area (Å²) in [6.45, 7) is 7.20. The van der Waals surface area contributed by atoms with Crippen LogP contribution in [0.25, 0.3) is 10.8 Å². The summed E-state index contributed by atoms with van der Waals surface area (Å²) in [6.07, 6.45) is 4.89. The van der Waals surface area contributed by atoms with Crippen molar-refractivity contribution in [1.82, 2.24) is 9.80 Å². The fourth-order valence-corrected chi connectivity index (χ4v) is 6.21. The maximum Gasteiger partial charge on any atom is 0.168 e. The van der Waals surface area contributed by atoms with Crippen LogP contribution >= 0.6 is 0 Å². The molecule has 0 amide bonds. The van der Waals surface area contributed by atoms with Crippen molar-refractivity contribution in [2.45, 2.75) is 38.8 Å². The first-order valence-corrected chi connectivity index (χ1v) is 14.1. The Bertz CT molecular complexity index is 1230. The van der Waals surface area contributed by atoms with E-state index in [2.05, 4.69) is 21.9 Å². The molecule has 0 aromatic heterocycles. The highest BCUT2D eigenvalue weighted by Crippen LogP contribution is 2.39. The molecule has 2 heterocycles. The Morgan fingerprint density at radius 1 is 0.744 bits per heavy atom. The lowest BCUT2D eigenvalue weighted by Crippen LogP contribution is -2.35. The minimum atomic E-state index is 0.687. The Morgan fingerprint density at radius 3 is 2.18 bits per heavy atom. The van der Waals surface area contributed by atoms with Crippen LogP contribution in [0.4, 0.5) is 0 Å². The van der Waals surface area contributed by atoms with Gasteiger partial charge in [-0.1, -0.05) is 18.6 Å². The van der Waals surface area contributed by atoms with E-state index >= 15 is 0 Å². The third-order valence-corrected chi connectivity index (χ3v) is 8.10. The predicted octanol–water partition coefficient (Wildman–Crippen LogP) is 5.76. The average molecular weight is 535 g/mol. The number of hydrogen-bond acceptors (Lipinski definition) is 7. The van der Waals surface area contributed by atoms with Crippen molar-refractivity contribution < 1.29 is 23.7 Å². The van der Waals surface area contributed by atoms with Gasteiger partial charge in [0.2, 0.25) is 0 Å². The number of rotatable bonds is 11. The first-order chi connectivity index (χ1) is 19.1. The summed E-state index contributed by atoms with van der Waals surface area (Å²) in [7, 11) is 6.75. The first-order valence-electron chi connectivity index (χ1n) is 14.1. The molecule has 0 bridgehead atoms. The van der Waals surface area contributed by atoms with E-state index in [1.807, 2.05) is 30.3 Å². The molecule has 0 radical (unpaired) electrons. The van der Waals surface area contributed by atoms with Gasteiger partial charge in [-0.05, 0) is 73.2 Å². The third kappa shape index (κ3) is 6.20. The molecule has 5 rings (SSSR count). The standard InChI is InChI=1S/C32H42N2O5/c1-35-29-13-12-26-27(32(29)38-4)10-7-11-28(26)39-16-8-15-33-14-6-5-9-23(19-33)20-34-21-24-17-30(36-2)31(37-3)18-25(24)22-34/h7,10-13,17-18,23H,5-6,8-9,14-16,19-22H2,1-4H3. The molecule has 0 N–H and O–H groups in total. The van der Waals surface area contributed by atoms with Crippen molar-refractivity contribution in [2.24, 2.45) is 5.92 Å². The van der Waals surface area contributed by atoms with Crippen LogP contribution < -0.4 is 23.7 Å². The highest BCUT2D eigenvalue weighted by Gasteiger charge is 2.26. The largest absolute Gasteiger partial charge is 0.493 e. The topological polar surface area (TPSA) is 52.6 Å². The molecule has 1 fully saturated rings. The highest BCUT2D eigenvalue weighted by molar-refractivity contribution is 5.95. The maximum absolute atomic E-state index is 6.27. The van der Waals surface area contributed by atoms with E-state index < -0.39 is 0 Å². The van der Waals surface area contributed by atoms with E-state index in [9.17, 15) is 0 Å². The highest BCUT2D eigenvalue weighted by atomic mass is 16.5. The van der Waals surface area contributed by atoms with Gasteiger partial charge in [-0.15, -0.1) is 0 Å². The second kappa shape index (κ2) is 12.8. The Balaban J connectivity index is 1.13.